The van der Waals surface area contributed by atoms with Gasteiger partial charge in [0.1, 0.15) is 0 Å². The van der Waals surface area contributed by atoms with Crippen LogP contribution in [0.1, 0.15) is 28.4 Å². The number of aliphatic hydroxyl groups excluding tert-OH is 1. The third-order valence-corrected chi connectivity index (χ3v) is 2.98. The van der Waals surface area contributed by atoms with Crippen LogP contribution in [0.15, 0.2) is 23.1 Å². The van der Waals surface area contributed by atoms with E-state index in [4.69, 9.17) is 5.11 Å². The van der Waals surface area contributed by atoms with E-state index < -0.39 is 12.1 Å². The average Bonchev–Trinajstić information content (AvgIpc) is 2.28. The summed E-state index contributed by atoms with van der Waals surface area (Å²) in [7, 11) is 0. The van der Waals surface area contributed by atoms with E-state index in [2.05, 4.69) is 28.6 Å². The Balaban J connectivity index is 3.10. The van der Waals surface area contributed by atoms with E-state index in [1.807, 2.05) is 0 Å². The normalized spacial score (nSPS) is 12.2. The molecule has 1 rings (SSSR count). The van der Waals surface area contributed by atoms with E-state index in [0.717, 1.165) is 0 Å². The summed E-state index contributed by atoms with van der Waals surface area (Å²) in [5.41, 5.74) is 0.499. The Morgan fingerprint density at radius 2 is 2.06 bits per heavy atom. The van der Waals surface area contributed by atoms with Crippen molar-refractivity contribution in [1.29, 1.82) is 0 Å². The van der Waals surface area contributed by atoms with E-state index in [9.17, 15) is 14.7 Å². The van der Waals surface area contributed by atoms with Gasteiger partial charge in [0.05, 0.1) is 0 Å². The molecule has 0 aliphatic rings. The molecule has 1 atom stereocenters. The molecule has 0 saturated heterocycles. The molecule has 2 N–H and O–H groups in total. The van der Waals surface area contributed by atoms with Crippen molar-refractivity contribution in [3.63, 3.8) is 0 Å². The number of Topliss-reactive ketones (excluding diaryl/α,β-unsaturated/α-hetero) is 1. The summed E-state index contributed by atoms with van der Waals surface area (Å²) >= 11 is 7.29. The molecule has 0 saturated carbocycles. The lowest BCUT2D eigenvalue weighted by Crippen LogP contribution is -2.12. The highest BCUT2D eigenvalue weighted by atomic mass is 79.9. The number of benzene rings is 1. The highest BCUT2D eigenvalue weighted by Crippen LogP contribution is 2.22. The van der Waals surface area contributed by atoms with Crippen molar-refractivity contribution in [2.45, 2.75) is 17.4 Å². The lowest BCUT2D eigenvalue weighted by molar-refractivity contribution is -0.146. The fourth-order valence-electron chi connectivity index (χ4n) is 1.31. The molecule has 92 valence electrons. The second-order valence-corrected chi connectivity index (χ2v) is 4.65. The van der Waals surface area contributed by atoms with Gasteiger partial charge in [0.15, 0.2) is 11.9 Å². The van der Waals surface area contributed by atoms with E-state index in [-0.39, 0.29) is 11.3 Å². The smallest absolute Gasteiger partial charge is 0.337 e. The zero-order chi connectivity index (χ0) is 13.0. The number of carbonyl (C=O) groups is 2. The molecule has 0 aliphatic heterocycles. The first-order chi connectivity index (χ1) is 7.97. The second kappa shape index (κ2) is 6.18. The van der Waals surface area contributed by atoms with Gasteiger partial charge in [-0.15, -0.1) is 12.6 Å². The van der Waals surface area contributed by atoms with Crippen molar-refractivity contribution in [3.8, 4) is 0 Å². The van der Waals surface area contributed by atoms with Gasteiger partial charge in [0, 0.05) is 22.2 Å². The van der Waals surface area contributed by atoms with Crippen molar-refractivity contribution in [3.05, 3.63) is 29.3 Å². The van der Waals surface area contributed by atoms with E-state index >= 15 is 0 Å². The Kier molecular flexibility index (Phi) is 5.17. The van der Waals surface area contributed by atoms with E-state index in [1.54, 1.807) is 0 Å². The number of aliphatic hydroxyl groups is 1. The summed E-state index contributed by atoms with van der Waals surface area (Å²) in [4.78, 5) is 22.8. The molecule has 17 heavy (non-hydrogen) atoms. The van der Waals surface area contributed by atoms with Gasteiger partial charge in [-0.2, -0.15) is 0 Å². The maximum Gasteiger partial charge on any atom is 0.337 e. The Morgan fingerprint density at radius 1 is 1.41 bits per heavy atom. The molecule has 1 aromatic rings. The summed E-state index contributed by atoms with van der Waals surface area (Å²) in [5.74, 6) is -1.50. The van der Waals surface area contributed by atoms with Crippen molar-refractivity contribution in [1.82, 2.24) is 0 Å². The molecular weight excluding hydrogens is 308 g/mol. The monoisotopic (exact) mass is 318 g/mol. The maximum absolute atomic E-state index is 11.7. The van der Waals surface area contributed by atoms with Crippen LogP contribution in [0.2, 0.25) is 0 Å². The number of rotatable bonds is 5. The molecule has 0 spiro atoms. The lowest BCUT2D eigenvalue weighted by atomic mass is 10.0. The first-order valence-corrected chi connectivity index (χ1v) is 6.37. The summed E-state index contributed by atoms with van der Waals surface area (Å²) in [6, 6.07) is 4.31. The van der Waals surface area contributed by atoms with Crippen molar-refractivity contribution < 1.29 is 19.8 Å². The van der Waals surface area contributed by atoms with Crippen LogP contribution in [0.25, 0.3) is 0 Å². The van der Waals surface area contributed by atoms with Gasteiger partial charge in [-0.05, 0) is 17.7 Å². The number of carboxylic acids is 1. The predicted molar refractivity (Wildman–Crippen MR) is 69.0 cm³/mol. The van der Waals surface area contributed by atoms with Gasteiger partial charge in [-0.25, -0.2) is 4.79 Å². The number of hydrogen-bond acceptors (Lipinski definition) is 4. The molecule has 0 radical (unpaired) electrons. The standard InChI is InChI=1S/C11H11BrO4S/c12-4-3-8(13)7-5-6(1-2-9(7)17)10(14)11(15)16/h1-2,5,10,14,17H,3-4H2,(H,15,16). The summed E-state index contributed by atoms with van der Waals surface area (Å²) in [5, 5.41) is 18.6. The van der Waals surface area contributed by atoms with Crippen molar-refractivity contribution in [2.75, 3.05) is 5.33 Å². The topological polar surface area (TPSA) is 74.6 Å². The van der Waals surface area contributed by atoms with Crippen LogP contribution in [-0.2, 0) is 4.79 Å². The Hall–Kier alpha value is -0.850. The third-order valence-electron chi connectivity index (χ3n) is 2.19. The summed E-state index contributed by atoms with van der Waals surface area (Å²) < 4.78 is 0. The molecule has 1 aromatic carbocycles. The predicted octanol–water partition coefficient (Wildman–Crippen LogP) is 2.06. The van der Waals surface area contributed by atoms with Crippen molar-refractivity contribution in [2.24, 2.45) is 0 Å². The molecule has 0 aromatic heterocycles. The van der Waals surface area contributed by atoms with Crippen LogP contribution in [0, 0.1) is 0 Å². The Bertz CT molecular complexity index is 447. The molecule has 0 amide bonds. The van der Waals surface area contributed by atoms with Crippen LogP contribution in [-0.4, -0.2) is 27.3 Å². The van der Waals surface area contributed by atoms with Gasteiger partial charge in [-0.3, -0.25) is 4.79 Å². The molecule has 4 nitrogen and oxygen atoms in total. The molecule has 1 unspecified atom stereocenters. The number of aliphatic carboxylic acids is 1. The number of ketones is 1. The minimum atomic E-state index is -1.63. The lowest BCUT2D eigenvalue weighted by Gasteiger charge is -2.09. The highest BCUT2D eigenvalue weighted by molar-refractivity contribution is 9.09. The minimum absolute atomic E-state index is 0.147. The first-order valence-electron chi connectivity index (χ1n) is 4.80. The van der Waals surface area contributed by atoms with Crippen LogP contribution < -0.4 is 0 Å². The Morgan fingerprint density at radius 3 is 2.59 bits per heavy atom. The quantitative estimate of drug-likeness (QED) is 0.441. The van der Waals surface area contributed by atoms with Gasteiger partial charge in [0.2, 0.25) is 0 Å². The summed E-state index contributed by atoms with van der Waals surface area (Å²) in [6.45, 7) is 0. The van der Waals surface area contributed by atoms with Crippen LogP contribution >= 0.6 is 28.6 Å². The van der Waals surface area contributed by atoms with Crippen LogP contribution in [0.4, 0.5) is 0 Å². The SMILES string of the molecule is O=C(CCBr)c1cc(C(O)C(=O)O)ccc1S. The van der Waals surface area contributed by atoms with E-state index in [0.29, 0.717) is 22.2 Å². The number of halogens is 1. The highest BCUT2D eigenvalue weighted by Gasteiger charge is 2.18. The number of carboxylic acid groups (broad SMARTS) is 1. The van der Waals surface area contributed by atoms with Gasteiger partial charge >= 0.3 is 5.97 Å². The van der Waals surface area contributed by atoms with Crippen molar-refractivity contribution >= 4 is 40.3 Å². The van der Waals surface area contributed by atoms with Crippen LogP contribution in [0.3, 0.4) is 0 Å². The Labute approximate surface area is 112 Å². The number of thiol groups is 1. The zero-order valence-electron chi connectivity index (χ0n) is 8.76. The zero-order valence-corrected chi connectivity index (χ0v) is 11.2. The second-order valence-electron chi connectivity index (χ2n) is 3.38. The molecule has 0 aliphatic carbocycles. The number of carbonyl (C=O) groups excluding carboxylic acids is 1. The first kappa shape index (κ1) is 14.2. The van der Waals surface area contributed by atoms with E-state index in [1.165, 1.54) is 18.2 Å². The van der Waals surface area contributed by atoms with Gasteiger partial charge in [-0.1, -0.05) is 22.0 Å². The number of alkyl halides is 1. The molecule has 0 bridgehead atoms. The largest absolute Gasteiger partial charge is 0.479 e. The number of hydrogen-bond donors (Lipinski definition) is 3. The van der Waals surface area contributed by atoms with Crippen LogP contribution in [0.5, 0.6) is 0 Å². The molecule has 0 heterocycles. The fourth-order valence-corrected chi connectivity index (χ4v) is 1.93. The van der Waals surface area contributed by atoms with Gasteiger partial charge < -0.3 is 10.2 Å². The third kappa shape index (κ3) is 3.55. The average molecular weight is 319 g/mol. The molecule has 0 fully saturated rings. The summed E-state index contributed by atoms with van der Waals surface area (Å²) in [6.07, 6.45) is -1.33. The minimum Gasteiger partial charge on any atom is -0.479 e. The maximum atomic E-state index is 11.7. The molecular formula is C11H11BrO4S. The fraction of sp³-hybridized carbons (Fsp3) is 0.273. The van der Waals surface area contributed by atoms with Gasteiger partial charge in [0.25, 0.3) is 0 Å². The molecule has 6 heteroatoms.